The topological polar surface area (TPSA) is 0 Å². The monoisotopic (exact) mass is 361 g/mol. The molecule has 0 aromatic heterocycles. The first-order chi connectivity index (χ1) is 13.0. The summed E-state index contributed by atoms with van der Waals surface area (Å²) < 4.78 is 0. The molecule has 0 amide bonds. The van der Waals surface area contributed by atoms with Gasteiger partial charge in [0.15, 0.2) is 0 Å². The SMILES string of the molecule is CC(C)(C)C1=C2C(=C3[C]1C1CC4CC(C1)CC3C4)C1CC3CC(C1)CC2C3. The molecule has 0 saturated heterocycles. The van der Waals surface area contributed by atoms with E-state index in [1.165, 1.54) is 25.7 Å². The Balaban J connectivity index is 1.49. The molecule has 0 heteroatoms. The van der Waals surface area contributed by atoms with Crippen molar-refractivity contribution in [2.75, 3.05) is 0 Å². The summed E-state index contributed by atoms with van der Waals surface area (Å²) in [5.41, 5.74) is 8.21. The lowest BCUT2D eigenvalue weighted by Crippen LogP contribution is -2.30. The Hall–Kier alpha value is -0.520. The molecule has 0 spiro atoms. The van der Waals surface area contributed by atoms with Gasteiger partial charge in [-0.2, -0.15) is 0 Å². The van der Waals surface area contributed by atoms with E-state index in [1.54, 1.807) is 38.5 Å². The second-order valence-electron chi connectivity index (χ2n) is 12.9. The fraction of sp³-hybridized carbons (Fsp3) is 0.815. The van der Waals surface area contributed by atoms with Crippen LogP contribution < -0.4 is 0 Å². The summed E-state index contributed by atoms with van der Waals surface area (Å²) in [4.78, 5) is 0. The van der Waals surface area contributed by atoms with E-state index in [-0.39, 0.29) is 0 Å². The zero-order valence-corrected chi connectivity index (χ0v) is 17.7. The second-order valence-corrected chi connectivity index (χ2v) is 12.9. The molecule has 1 radical (unpaired) electrons. The van der Waals surface area contributed by atoms with Gasteiger partial charge in [0.2, 0.25) is 0 Å². The average Bonchev–Trinajstić information content (AvgIpc) is 2.77. The van der Waals surface area contributed by atoms with Crippen LogP contribution in [0.5, 0.6) is 0 Å². The van der Waals surface area contributed by atoms with Crippen molar-refractivity contribution < 1.29 is 0 Å². The van der Waals surface area contributed by atoms with Gasteiger partial charge in [-0.3, -0.25) is 0 Å². The lowest BCUT2D eigenvalue weighted by molar-refractivity contribution is 0.140. The van der Waals surface area contributed by atoms with Gasteiger partial charge in [-0.1, -0.05) is 26.3 Å². The molecule has 0 aliphatic heterocycles. The van der Waals surface area contributed by atoms with Crippen LogP contribution in [0.2, 0.25) is 0 Å². The summed E-state index contributed by atoms with van der Waals surface area (Å²) in [7, 11) is 0. The number of allylic oxidation sites excluding steroid dienone is 4. The van der Waals surface area contributed by atoms with Gasteiger partial charge in [-0.15, -0.1) is 0 Å². The molecule has 9 aliphatic carbocycles. The lowest BCUT2D eigenvalue weighted by Gasteiger charge is -2.41. The highest BCUT2D eigenvalue weighted by molar-refractivity contribution is 5.66. The maximum atomic E-state index is 2.55. The van der Waals surface area contributed by atoms with E-state index in [2.05, 4.69) is 20.8 Å². The van der Waals surface area contributed by atoms with E-state index >= 15 is 0 Å². The summed E-state index contributed by atoms with van der Waals surface area (Å²) in [6.07, 6.45) is 15.5. The highest BCUT2D eigenvalue weighted by Crippen LogP contribution is 2.69. The van der Waals surface area contributed by atoms with Crippen molar-refractivity contribution in [3.63, 3.8) is 0 Å². The van der Waals surface area contributed by atoms with Crippen molar-refractivity contribution in [1.29, 1.82) is 0 Å². The smallest absolute Gasteiger partial charge is 0.0303 e. The molecule has 0 N–H and O–H groups in total. The van der Waals surface area contributed by atoms with Gasteiger partial charge in [0, 0.05) is 5.92 Å². The summed E-state index contributed by atoms with van der Waals surface area (Å²) >= 11 is 0. The minimum Gasteiger partial charge on any atom is -0.0563 e. The van der Waals surface area contributed by atoms with Gasteiger partial charge in [-0.25, -0.2) is 0 Å². The number of rotatable bonds is 0. The van der Waals surface area contributed by atoms with Crippen molar-refractivity contribution in [2.24, 2.45) is 52.8 Å². The van der Waals surface area contributed by atoms with E-state index in [0.717, 1.165) is 47.3 Å². The Morgan fingerprint density at radius 1 is 0.481 bits per heavy atom. The van der Waals surface area contributed by atoms with E-state index in [0.29, 0.717) is 5.41 Å². The van der Waals surface area contributed by atoms with E-state index in [4.69, 9.17) is 0 Å². The quantitative estimate of drug-likeness (QED) is 0.430. The first-order valence-electron chi connectivity index (χ1n) is 12.3. The normalized spacial score (nSPS) is 50.3. The highest BCUT2D eigenvalue weighted by atomic mass is 14.6. The predicted molar refractivity (Wildman–Crippen MR) is 111 cm³/mol. The molecule has 0 aromatic rings. The van der Waals surface area contributed by atoms with Crippen LogP contribution in [0.1, 0.15) is 85.0 Å². The zero-order valence-electron chi connectivity index (χ0n) is 17.7. The molecule has 0 heterocycles. The Kier molecular flexibility index (Phi) is 3.11. The van der Waals surface area contributed by atoms with Gasteiger partial charge in [0.1, 0.15) is 0 Å². The van der Waals surface area contributed by atoms with Gasteiger partial charge in [0.25, 0.3) is 0 Å². The Bertz CT molecular complexity index is 729. The van der Waals surface area contributed by atoms with Crippen LogP contribution in [0.15, 0.2) is 22.3 Å². The molecule has 4 atom stereocenters. The highest BCUT2D eigenvalue weighted by Gasteiger charge is 2.57. The summed E-state index contributed by atoms with van der Waals surface area (Å²) in [6, 6.07) is 0. The molecule has 145 valence electrons. The molecular weight excluding hydrogens is 324 g/mol. The maximum Gasteiger partial charge on any atom is 0.0303 e. The first kappa shape index (κ1) is 16.3. The zero-order chi connectivity index (χ0) is 18.1. The van der Waals surface area contributed by atoms with Crippen molar-refractivity contribution in [1.82, 2.24) is 0 Å². The molecular formula is C27H37. The third-order valence-electron chi connectivity index (χ3n) is 10.1. The van der Waals surface area contributed by atoms with Crippen LogP contribution in [0.3, 0.4) is 0 Å². The van der Waals surface area contributed by atoms with Crippen molar-refractivity contribution in [2.45, 2.75) is 85.0 Å². The summed E-state index contributed by atoms with van der Waals surface area (Å²) in [5.74, 6) is 9.93. The van der Waals surface area contributed by atoms with Crippen LogP contribution in [-0.4, -0.2) is 0 Å². The predicted octanol–water partition coefficient (Wildman–Crippen LogP) is 7.13. The van der Waals surface area contributed by atoms with E-state index in [9.17, 15) is 0 Å². The van der Waals surface area contributed by atoms with Gasteiger partial charge in [0.05, 0.1) is 0 Å². The van der Waals surface area contributed by atoms with E-state index in [1.807, 2.05) is 28.2 Å². The molecule has 8 bridgehead atoms. The Morgan fingerprint density at radius 3 is 1.37 bits per heavy atom. The fourth-order valence-corrected chi connectivity index (χ4v) is 9.88. The number of hydrogen-bond acceptors (Lipinski definition) is 0. The minimum atomic E-state index is 0.334. The van der Waals surface area contributed by atoms with Gasteiger partial charge < -0.3 is 0 Å². The van der Waals surface area contributed by atoms with Crippen LogP contribution in [0, 0.1) is 58.7 Å². The Morgan fingerprint density at radius 2 is 0.889 bits per heavy atom. The van der Waals surface area contributed by atoms with Gasteiger partial charge >= 0.3 is 0 Å². The summed E-state index contributed by atoms with van der Waals surface area (Å²) in [6.45, 7) is 7.65. The number of hydrogen-bond donors (Lipinski definition) is 0. The first-order valence-corrected chi connectivity index (χ1v) is 12.3. The molecule has 0 aromatic carbocycles. The van der Waals surface area contributed by atoms with Crippen molar-refractivity contribution in [3.05, 3.63) is 28.2 Å². The maximum absolute atomic E-state index is 2.55. The largest absolute Gasteiger partial charge is 0.0563 e. The molecule has 8 saturated carbocycles. The standard InChI is InChI=1S/C27H37/c1-27(2,3)26-24-20-10-14-4-15(11-20)7-18(6-14)22(24)23-19-8-16-5-17(9-19)13-21(12-16)25(23)26/h14-21H,4-13H2,1-3H3. The third-order valence-corrected chi connectivity index (χ3v) is 10.1. The van der Waals surface area contributed by atoms with Crippen molar-refractivity contribution in [3.8, 4) is 0 Å². The second kappa shape index (κ2) is 5.14. The van der Waals surface area contributed by atoms with Crippen molar-refractivity contribution >= 4 is 0 Å². The lowest BCUT2D eigenvalue weighted by atomic mass is 9.63. The van der Waals surface area contributed by atoms with Crippen LogP contribution in [0.4, 0.5) is 0 Å². The molecule has 8 fully saturated rings. The average molecular weight is 362 g/mol. The third kappa shape index (κ3) is 2.12. The minimum absolute atomic E-state index is 0.334. The summed E-state index contributed by atoms with van der Waals surface area (Å²) in [5, 5.41) is 0. The van der Waals surface area contributed by atoms with Crippen LogP contribution >= 0.6 is 0 Å². The molecule has 27 heavy (non-hydrogen) atoms. The molecule has 4 unspecified atom stereocenters. The Labute approximate surface area is 166 Å². The van der Waals surface area contributed by atoms with E-state index < -0.39 is 0 Å². The van der Waals surface area contributed by atoms with Gasteiger partial charge in [-0.05, 0) is 134 Å². The fourth-order valence-electron chi connectivity index (χ4n) is 9.88. The molecule has 9 aliphatic rings. The van der Waals surface area contributed by atoms with Crippen LogP contribution in [0.25, 0.3) is 0 Å². The van der Waals surface area contributed by atoms with Crippen LogP contribution in [-0.2, 0) is 0 Å². The molecule has 0 nitrogen and oxygen atoms in total. The molecule has 9 rings (SSSR count).